The average molecular weight is 281 g/mol. The lowest BCUT2D eigenvalue weighted by Crippen LogP contribution is -2.40. The van der Waals surface area contributed by atoms with Crippen LogP contribution in [-0.2, 0) is 11.3 Å². The minimum Gasteiger partial charge on any atom is -0.493 e. The van der Waals surface area contributed by atoms with E-state index in [4.69, 9.17) is 9.47 Å². The van der Waals surface area contributed by atoms with Crippen LogP contribution in [0.4, 0.5) is 0 Å². The zero-order chi connectivity index (χ0) is 15.1. The number of carbonyl (C=O) groups is 1. The number of likely N-dealkylation sites (N-methyl/N-ethyl adjacent to an activating group) is 1. The highest BCUT2D eigenvalue weighted by molar-refractivity contribution is 5.73. The van der Waals surface area contributed by atoms with Gasteiger partial charge in [-0.1, -0.05) is 19.9 Å². The number of methoxy groups -OCH3 is 2. The summed E-state index contributed by atoms with van der Waals surface area (Å²) in [6, 6.07) is 5.19. The molecule has 20 heavy (non-hydrogen) atoms. The maximum absolute atomic E-state index is 11.3. The number of benzene rings is 1. The van der Waals surface area contributed by atoms with Crippen molar-refractivity contribution in [2.24, 2.45) is 0 Å². The average Bonchev–Trinajstić information content (AvgIpc) is 2.46. The summed E-state index contributed by atoms with van der Waals surface area (Å²) < 4.78 is 10.5. The zero-order valence-electron chi connectivity index (χ0n) is 12.5. The van der Waals surface area contributed by atoms with Crippen LogP contribution in [0.2, 0.25) is 0 Å². The van der Waals surface area contributed by atoms with Gasteiger partial charge in [0, 0.05) is 6.54 Å². The number of hydrogen-bond donors (Lipinski definition) is 1. The summed E-state index contributed by atoms with van der Waals surface area (Å²) >= 11 is 0. The van der Waals surface area contributed by atoms with Crippen molar-refractivity contribution in [3.63, 3.8) is 0 Å². The van der Waals surface area contributed by atoms with E-state index in [0.717, 1.165) is 5.56 Å². The highest BCUT2D eigenvalue weighted by Crippen LogP contribution is 2.28. The van der Waals surface area contributed by atoms with Crippen LogP contribution in [0.3, 0.4) is 0 Å². The molecule has 1 unspecified atom stereocenters. The van der Waals surface area contributed by atoms with Crippen LogP contribution in [0.1, 0.15) is 25.8 Å². The van der Waals surface area contributed by atoms with Gasteiger partial charge in [-0.25, -0.2) is 0 Å². The molecule has 0 aliphatic rings. The molecule has 1 aromatic carbocycles. The first kappa shape index (κ1) is 16.3. The second kappa shape index (κ2) is 7.75. The predicted molar refractivity (Wildman–Crippen MR) is 77.3 cm³/mol. The van der Waals surface area contributed by atoms with Gasteiger partial charge in [0.05, 0.1) is 14.2 Å². The molecular formula is C15H23NO4. The standard InChI is InChI=1S/C15H23NO4/c1-5-12(15(17)18)16(6-2)10-11-7-8-13(19-3)14(9-11)20-4/h7-9,12H,5-6,10H2,1-4H3,(H,17,18). The van der Waals surface area contributed by atoms with Crippen molar-refractivity contribution in [2.75, 3.05) is 20.8 Å². The maximum atomic E-state index is 11.3. The fraction of sp³-hybridized carbons (Fsp3) is 0.533. The van der Waals surface area contributed by atoms with E-state index in [-0.39, 0.29) is 0 Å². The molecule has 0 aromatic heterocycles. The van der Waals surface area contributed by atoms with E-state index in [1.54, 1.807) is 14.2 Å². The number of hydrogen-bond acceptors (Lipinski definition) is 4. The van der Waals surface area contributed by atoms with Crippen LogP contribution in [0, 0.1) is 0 Å². The van der Waals surface area contributed by atoms with E-state index in [0.29, 0.717) is 31.0 Å². The van der Waals surface area contributed by atoms with Crippen LogP contribution >= 0.6 is 0 Å². The molecule has 0 fully saturated rings. The third-order valence-electron chi connectivity index (χ3n) is 3.35. The van der Waals surface area contributed by atoms with E-state index in [2.05, 4.69) is 0 Å². The smallest absolute Gasteiger partial charge is 0.320 e. The summed E-state index contributed by atoms with van der Waals surface area (Å²) in [5, 5.41) is 9.25. The number of carboxylic acids is 1. The maximum Gasteiger partial charge on any atom is 0.320 e. The highest BCUT2D eigenvalue weighted by Gasteiger charge is 2.22. The Morgan fingerprint density at radius 3 is 2.35 bits per heavy atom. The summed E-state index contributed by atoms with van der Waals surface area (Å²) in [5.41, 5.74) is 1.00. The molecule has 1 aromatic rings. The highest BCUT2D eigenvalue weighted by atomic mass is 16.5. The van der Waals surface area contributed by atoms with Gasteiger partial charge >= 0.3 is 5.97 Å². The number of rotatable bonds is 8. The SMILES string of the molecule is CCC(C(=O)O)N(CC)Cc1ccc(OC)c(OC)c1. The normalized spacial score (nSPS) is 12.2. The van der Waals surface area contributed by atoms with Crippen LogP contribution in [-0.4, -0.2) is 42.8 Å². The van der Waals surface area contributed by atoms with Crippen molar-refractivity contribution < 1.29 is 19.4 Å². The Morgan fingerprint density at radius 1 is 1.25 bits per heavy atom. The van der Waals surface area contributed by atoms with Crippen LogP contribution < -0.4 is 9.47 Å². The van der Waals surface area contributed by atoms with Gasteiger partial charge in [-0.05, 0) is 30.7 Å². The molecule has 0 aliphatic carbocycles. The Morgan fingerprint density at radius 2 is 1.90 bits per heavy atom. The van der Waals surface area contributed by atoms with E-state index < -0.39 is 12.0 Å². The Balaban J connectivity index is 2.92. The topological polar surface area (TPSA) is 59.0 Å². The van der Waals surface area contributed by atoms with Crippen molar-refractivity contribution >= 4 is 5.97 Å². The summed E-state index contributed by atoms with van der Waals surface area (Å²) in [6.45, 7) is 5.10. The monoisotopic (exact) mass is 281 g/mol. The van der Waals surface area contributed by atoms with Crippen LogP contribution in [0.15, 0.2) is 18.2 Å². The molecule has 0 bridgehead atoms. The quantitative estimate of drug-likeness (QED) is 0.793. The summed E-state index contributed by atoms with van der Waals surface area (Å²) in [5.74, 6) is 0.545. The largest absolute Gasteiger partial charge is 0.493 e. The molecule has 0 saturated carbocycles. The molecule has 0 radical (unpaired) electrons. The van der Waals surface area contributed by atoms with Gasteiger partial charge in [0.2, 0.25) is 0 Å². The zero-order valence-corrected chi connectivity index (χ0v) is 12.5. The lowest BCUT2D eigenvalue weighted by molar-refractivity contribution is -0.143. The lowest BCUT2D eigenvalue weighted by atomic mass is 10.1. The molecule has 0 heterocycles. The first-order chi connectivity index (χ1) is 9.57. The molecular weight excluding hydrogens is 258 g/mol. The number of ether oxygens (including phenoxy) is 2. The van der Waals surface area contributed by atoms with Gasteiger partial charge < -0.3 is 14.6 Å². The Hall–Kier alpha value is -1.75. The molecule has 0 amide bonds. The van der Waals surface area contributed by atoms with Gasteiger partial charge in [0.25, 0.3) is 0 Å². The van der Waals surface area contributed by atoms with Crippen molar-refractivity contribution in [2.45, 2.75) is 32.9 Å². The minimum absolute atomic E-state index is 0.465. The molecule has 5 heteroatoms. The summed E-state index contributed by atoms with van der Waals surface area (Å²) in [7, 11) is 3.18. The molecule has 1 N–H and O–H groups in total. The first-order valence-electron chi connectivity index (χ1n) is 6.75. The number of nitrogens with zero attached hydrogens (tertiary/aromatic N) is 1. The van der Waals surface area contributed by atoms with Crippen molar-refractivity contribution in [3.05, 3.63) is 23.8 Å². The number of carboxylic acid groups (broad SMARTS) is 1. The van der Waals surface area contributed by atoms with E-state index in [1.165, 1.54) is 0 Å². The molecule has 1 atom stereocenters. The van der Waals surface area contributed by atoms with Crippen LogP contribution in [0.25, 0.3) is 0 Å². The van der Waals surface area contributed by atoms with Gasteiger partial charge in [-0.2, -0.15) is 0 Å². The molecule has 112 valence electrons. The first-order valence-corrected chi connectivity index (χ1v) is 6.75. The second-order valence-electron chi connectivity index (χ2n) is 4.51. The third kappa shape index (κ3) is 3.87. The second-order valence-corrected chi connectivity index (χ2v) is 4.51. The molecule has 1 rings (SSSR count). The number of aliphatic carboxylic acids is 1. The van der Waals surface area contributed by atoms with E-state index in [1.807, 2.05) is 36.9 Å². The Bertz CT molecular complexity index is 447. The lowest BCUT2D eigenvalue weighted by Gasteiger charge is -2.27. The van der Waals surface area contributed by atoms with Crippen LogP contribution in [0.5, 0.6) is 11.5 Å². The molecule has 5 nitrogen and oxygen atoms in total. The van der Waals surface area contributed by atoms with E-state index in [9.17, 15) is 9.90 Å². The Kier molecular flexibility index (Phi) is 6.31. The fourth-order valence-electron chi connectivity index (χ4n) is 2.24. The summed E-state index contributed by atoms with van der Waals surface area (Å²) in [4.78, 5) is 13.2. The van der Waals surface area contributed by atoms with Crippen molar-refractivity contribution in [3.8, 4) is 11.5 Å². The van der Waals surface area contributed by atoms with Gasteiger partial charge in [0.15, 0.2) is 11.5 Å². The fourth-order valence-corrected chi connectivity index (χ4v) is 2.24. The Labute approximate surface area is 120 Å². The molecule has 0 aliphatic heterocycles. The molecule has 0 saturated heterocycles. The van der Waals surface area contributed by atoms with E-state index >= 15 is 0 Å². The van der Waals surface area contributed by atoms with Gasteiger partial charge in [-0.3, -0.25) is 9.69 Å². The summed E-state index contributed by atoms with van der Waals surface area (Å²) in [6.07, 6.45) is 0.580. The minimum atomic E-state index is -0.783. The van der Waals surface area contributed by atoms with Crippen molar-refractivity contribution in [1.82, 2.24) is 4.90 Å². The third-order valence-corrected chi connectivity index (χ3v) is 3.35. The predicted octanol–water partition coefficient (Wildman–Crippen LogP) is 2.39. The van der Waals surface area contributed by atoms with Gasteiger partial charge in [-0.15, -0.1) is 0 Å². The van der Waals surface area contributed by atoms with Gasteiger partial charge in [0.1, 0.15) is 6.04 Å². The molecule has 0 spiro atoms. The van der Waals surface area contributed by atoms with Crippen molar-refractivity contribution in [1.29, 1.82) is 0 Å².